The predicted octanol–water partition coefficient (Wildman–Crippen LogP) is 3.46. The Morgan fingerprint density at radius 3 is 1.31 bits per heavy atom. The van der Waals surface area contributed by atoms with E-state index in [1.54, 1.807) is 60.6 Å². The Morgan fingerprint density at radius 2 is 0.868 bits per heavy atom. The lowest BCUT2D eigenvalue weighted by Crippen LogP contribution is -2.64. The van der Waals surface area contributed by atoms with Crippen LogP contribution in [0.4, 0.5) is 0 Å². The molecule has 0 spiro atoms. The first-order chi connectivity index (χ1) is 42.0. The monoisotopic (exact) mass is 1310 g/mol. The first kappa shape index (κ1) is 82.7. The van der Waals surface area contributed by atoms with Crippen molar-refractivity contribution in [3.63, 3.8) is 0 Å². The summed E-state index contributed by atoms with van der Waals surface area (Å²) < 4.78 is 0. The van der Waals surface area contributed by atoms with Gasteiger partial charge in [0.05, 0.1) is 11.9 Å². The molecule has 11 amide bonds. The van der Waals surface area contributed by atoms with Crippen LogP contribution in [0.5, 0.6) is 0 Å². The van der Waals surface area contributed by atoms with E-state index in [0.29, 0.717) is 0 Å². The fourth-order valence-electron chi connectivity index (χ4n) is 11.2. The quantitative estimate of drug-likeness (QED) is 0.101. The number of thioether (sulfide) groups is 1. The van der Waals surface area contributed by atoms with E-state index in [9.17, 15) is 43.8 Å². The SMILES string of the molecule is CC=CC[C@@H](C)[C@@H](O)[C@@H]1C(=O)N[C@H](CC)C(=O)N(C)[C@H](CSCC(=O)O)C(=O)N(C)[C@@H](CC(C)C)C(=O)N[C@H](C(C)C)C(=O)N(C)[C@H](CC(C)C)C(=O)N[C@H](C)C(=O)N[C@@H](C)C(=O)N(C)[C@H](CC(C)C)C(=O)N(C)[C@H](CC(C)C)C(=O)N(C)[C@H](C(C)C)C(=O)N1C. The van der Waals surface area contributed by atoms with Crippen LogP contribution in [0.1, 0.15) is 156 Å². The number of rotatable bonds is 19. The van der Waals surface area contributed by atoms with E-state index >= 15 is 24.0 Å². The zero-order valence-electron chi connectivity index (χ0n) is 59.1. The van der Waals surface area contributed by atoms with E-state index in [0.717, 1.165) is 26.5 Å². The van der Waals surface area contributed by atoms with E-state index in [2.05, 4.69) is 21.3 Å². The van der Waals surface area contributed by atoms with Crippen molar-refractivity contribution >= 4 is 82.7 Å². The normalized spacial score (nSPS) is 26.7. The summed E-state index contributed by atoms with van der Waals surface area (Å²) in [4.78, 5) is 183. The Bertz CT molecular complexity index is 2530. The second-order valence-electron chi connectivity index (χ2n) is 27.2. The Hall–Kier alpha value is -6.31. The third-order valence-corrected chi connectivity index (χ3v) is 17.9. The molecular weight excluding hydrogens is 1190 g/mol. The van der Waals surface area contributed by atoms with Gasteiger partial charge in [-0.1, -0.05) is 109 Å². The Labute approximate surface area is 547 Å². The van der Waals surface area contributed by atoms with E-state index in [1.165, 1.54) is 82.8 Å². The van der Waals surface area contributed by atoms with Crippen molar-refractivity contribution in [1.82, 2.24) is 55.6 Å². The van der Waals surface area contributed by atoms with Crippen LogP contribution < -0.4 is 21.3 Å². The van der Waals surface area contributed by atoms with Gasteiger partial charge in [0.25, 0.3) is 0 Å². The average Bonchev–Trinajstić information content (AvgIpc) is 0.906. The van der Waals surface area contributed by atoms with Crippen molar-refractivity contribution in [2.75, 3.05) is 60.8 Å². The van der Waals surface area contributed by atoms with Crippen LogP contribution >= 0.6 is 11.8 Å². The van der Waals surface area contributed by atoms with E-state index in [4.69, 9.17) is 0 Å². The molecule has 1 rings (SSSR count). The molecule has 91 heavy (non-hydrogen) atoms. The van der Waals surface area contributed by atoms with Crippen molar-refractivity contribution in [1.29, 1.82) is 0 Å². The summed E-state index contributed by atoms with van der Waals surface area (Å²) in [6.45, 7) is 29.4. The standard InChI is InChI=1S/C65H115N11O14S/c1-25-27-28-41(15)54(79)53-58(83)68-44(26-2)60(85)74(22)49(33-91-34-50(77)78)63(88)70(18)46(30-36(5)6)57(82)69-51(39(11)12)64(89)71(19)45(29-35(3)4)56(81)66-42(16)55(80)67-43(17)59(84)72(20)47(31-37(7)8)61(86)73(21)48(32-38(9)10)62(87)75(23)52(40(13)14)65(90)76(53)24/h25,27,35-49,51-54,79H,26,28-34H2,1-24H3,(H,66,81)(H,67,80)(H,68,83)(H,69,82)(H,77,78)/t41-,42-,43+,44-,45-,46+,47-,48-,49-,51-,52-,53-,54-/m1/s1. The fourth-order valence-corrected chi connectivity index (χ4v) is 12.1. The maximum absolute atomic E-state index is 15.3. The van der Waals surface area contributed by atoms with Crippen molar-refractivity contribution in [3.05, 3.63) is 12.2 Å². The third kappa shape index (κ3) is 23.6. The van der Waals surface area contributed by atoms with Gasteiger partial charge < -0.3 is 65.8 Å². The lowest BCUT2D eigenvalue weighted by molar-refractivity contribution is -0.157. The molecule has 0 unspecified atom stereocenters. The number of aliphatic carboxylic acids is 1. The minimum Gasteiger partial charge on any atom is -0.481 e. The van der Waals surface area contributed by atoms with Gasteiger partial charge in [0.2, 0.25) is 65.0 Å². The second-order valence-corrected chi connectivity index (χ2v) is 28.2. The van der Waals surface area contributed by atoms with Crippen LogP contribution in [0.3, 0.4) is 0 Å². The molecule has 6 N–H and O–H groups in total. The maximum atomic E-state index is 15.3. The van der Waals surface area contributed by atoms with Crippen LogP contribution in [0, 0.1) is 41.4 Å². The molecule has 1 saturated heterocycles. The summed E-state index contributed by atoms with van der Waals surface area (Å²) in [7, 11) is 9.68. The summed E-state index contributed by atoms with van der Waals surface area (Å²) >= 11 is 0.835. The zero-order valence-corrected chi connectivity index (χ0v) is 59.9. The van der Waals surface area contributed by atoms with Gasteiger partial charge in [-0.2, -0.15) is 0 Å². The lowest BCUT2D eigenvalue weighted by Gasteiger charge is -2.41. The fraction of sp³-hybridized carbons (Fsp3) is 0.785. The number of hydrogen-bond donors (Lipinski definition) is 6. The molecule has 0 radical (unpaired) electrons. The number of carbonyl (C=O) groups excluding carboxylic acids is 11. The van der Waals surface area contributed by atoms with Crippen LogP contribution in [0.15, 0.2) is 12.2 Å². The summed E-state index contributed by atoms with van der Waals surface area (Å²) in [6.07, 6.45) is 2.58. The van der Waals surface area contributed by atoms with Gasteiger partial charge in [-0.25, -0.2) is 0 Å². The number of amides is 11. The van der Waals surface area contributed by atoms with Gasteiger partial charge in [0.1, 0.15) is 66.5 Å². The zero-order chi connectivity index (χ0) is 70.5. The van der Waals surface area contributed by atoms with E-state index in [1.807, 2.05) is 55.4 Å². The molecule has 0 aromatic rings. The van der Waals surface area contributed by atoms with Crippen molar-refractivity contribution in [2.45, 2.75) is 229 Å². The molecule has 25 nitrogen and oxygen atoms in total. The molecule has 520 valence electrons. The highest BCUT2D eigenvalue weighted by Gasteiger charge is 2.46. The van der Waals surface area contributed by atoms with Crippen LogP contribution in [-0.2, 0) is 57.5 Å². The topological polar surface area (TPSA) is 316 Å². The Balaban J connectivity index is 4.52. The highest BCUT2D eigenvalue weighted by Crippen LogP contribution is 2.26. The van der Waals surface area contributed by atoms with E-state index in [-0.39, 0.29) is 67.9 Å². The van der Waals surface area contributed by atoms with Gasteiger partial charge in [0.15, 0.2) is 0 Å². The minimum atomic E-state index is -1.69. The number of hydrogen-bond acceptors (Lipinski definition) is 14. The molecule has 0 aromatic heterocycles. The number of nitrogens with zero attached hydrogens (tertiary/aromatic N) is 7. The highest BCUT2D eigenvalue weighted by molar-refractivity contribution is 8.00. The molecule has 1 aliphatic heterocycles. The molecule has 1 heterocycles. The molecule has 1 aliphatic rings. The molecule has 0 bridgehead atoms. The molecule has 1 fully saturated rings. The van der Waals surface area contributed by atoms with Crippen molar-refractivity contribution in [2.24, 2.45) is 41.4 Å². The largest absolute Gasteiger partial charge is 0.481 e. The molecular formula is C65H115N11O14S. The number of nitrogens with one attached hydrogen (secondary N) is 4. The second kappa shape index (κ2) is 38.0. The summed E-state index contributed by atoms with van der Waals surface area (Å²) in [5.74, 6) is -12.7. The first-order valence-electron chi connectivity index (χ1n) is 32.2. The smallest absolute Gasteiger partial charge is 0.313 e. The molecule has 13 atom stereocenters. The van der Waals surface area contributed by atoms with Crippen LogP contribution in [-0.4, -0.2) is 249 Å². The summed E-state index contributed by atoms with van der Waals surface area (Å²) in [6, 6.07) is -14.5. The number of likely N-dealkylation sites (N-methyl/N-ethyl adjacent to an activating group) is 7. The Morgan fingerprint density at radius 1 is 0.473 bits per heavy atom. The first-order valence-corrected chi connectivity index (χ1v) is 33.4. The van der Waals surface area contributed by atoms with Crippen molar-refractivity contribution < 1.29 is 67.7 Å². The summed E-state index contributed by atoms with van der Waals surface area (Å²) in [5.41, 5.74) is 0. The Kier molecular flexibility index (Phi) is 34.5. The number of carboxylic acid groups (broad SMARTS) is 1. The number of carbonyl (C=O) groups is 12. The van der Waals surface area contributed by atoms with Gasteiger partial charge >= 0.3 is 5.97 Å². The molecule has 0 aromatic carbocycles. The molecule has 0 saturated carbocycles. The highest BCUT2D eigenvalue weighted by atomic mass is 32.2. The van der Waals surface area contributed by atoms with Crippen LogP contribution in [0.2, 0.25) is 0 Å². The number of aliphatic hydroxyl groups is 1. The summed E-state index contributed by atoms with van der Waals surface area (Å²) in [5, 5.41) is 32.9. The maximum Gasteiger partial charge on any atom is 0.313 e. The number of carboxylic acids is 1. The lowest BCUT2D eigenvalue weighted by atomic mass is 9.91. The number of allylic oxidation sites excluding steroid dienone is 2. The predicted molar refractivity (Wildman–Crippen MR) is 352 cm³/mol. The van der Waals surface area contributed by atoms with E-state index < -0.39 is 167 Å². The minimum absolute atomic E-state index is 0.0539. The number of aliphatic hydroxyl groups excluding tert-OH is 1. The van der Waals surface area contributed by atoms with Gasteiger partial charge in [0, 0.05) is 55.1 Å². The van der Waals surface area contributed by atoms with Gasteiger partial charge in [-0.3, -0.25) is 57.5 Å². The van der Waals surface area contributed by atoms with Gasteiger partial charge in [-0.15, -0.1) is 11.8 Å². The van der Waals surface area contributed by atoms with Crippen molar-refractivity contribution in [3.8, 4) is 0 Å². The van der Waals surface area contributed by atoms with Gasteiger partial charge in [-0.05, 0) is 101 Å². The molecule has 0 aliphatic carbocycles. The molecule has 26 heteroatoms. The average molecular weight is 1310 g/mol. The van der Waals surface area contributed by atoms with Crippen LogP contribution in [0.25, 0.3) is 0 Å². The third-order valence-electron chi connectivity index (χ3n) is 16.9.